The predicted octanol–water partition coefficient (Wildman–Crippen LogP) is 3.25. The smallest absolute Gasteiger partial charge is 0.257 e. The molecule has 5 heteroatoms. The maximum Gasteiger partial charge on any atom is 0.257 e. The third-order valence-corrected chi connectivity index (χ3v) is 4.68. The number of hydrogen-bond acceptors (Lipinski definition) is 3. The van der Waals surface area contributed by atoms with E-state index >= 15 is 0 Å². The van der Waals surface area contributed by atoms with Gasteiger partial charge < -0.3 is 14.6 Å². The van der Waals surface area contributed by atoms with E-state index in [0.717, 1.165) is 25.0 Å². The summed E-state index contributed by atoms with van der Waals surface area (Å²) in [7, 11) is 0. The molecule has 1 heterocycles. The molecule has 0 spiro atoms. The molecule has 1 saturated carbocycles. The third kappa shape index (κ3) is 4.75. The number of aryl methyl sites for hydroxylation is 2. The van der Waals surface area contributed by atoms with Gasteiger partial charge in [-0.05, 0) is 44.7 Å². The molecule has 1 aromatic heterocycles. The fourth-order valence-corrected chi connectivity index (χ4v) is 3.14. The maximum absolute atomic E-state index is 12.8. The topological polar surface area (TPSA) is 62.6 Å². The van der Waals surface area contributed by atoms with E-state index in [-0.39, 0.29) is 17.9 Å². The predicted molar refractivity (Wildman–Crippen MR) is 100 cm³/mol. The Bertz CT molecular complexity index is 763. The first-order chi connectivity index (χ1) is 12.5. The minimum Gasteiger partial charge on any atom is -0.466 e. The third-order valence-electron chi connectivity index (χ3n) is 4.68. The van der Waals surface area contributed by atoms with Crippen LogP contribution in [-0.2, 0) is 11.2 Å². The minimum absolute atomic E-state index is 0.0144. The van der Waals surface area contributed by atoms with E-state index in [2.05, 4.69) is 17.4 Å². The number of rotatable bonds is 8. The van der Waals surface area contributed by atoms with Crippen LogP contribution in [0.1, 0.15) is 46.7 Å². The maximum atomic E-state index is 12.8. The lowest BCUT2D eigenvalue weighted by atomic mass is 10.1. The number of carbonyl (C=O) groups is 2. The number of benzene rings is 1. The number of furan rings is 1. The second kappa shape index (κ2) is 8.21. The zero-order valence-electron chi connectivity index (χ0n) is 15.5. The number of nitrogens with zero attached hydrogens (tertiary/aromatic N) is 1. The molecule has 1 aliphatic carbocycles. The fraction of sp³-hybridized carbons (Fsp3) is 0.429. The summed E-state index contributed by atoms with van der Waals surface area (Å²) in [5.74, 6) is 1.34. The molecule has 5 nitrogen and oxygen atoms in total. The van der Waals surface area contributed by atoms with E-state index in [4.69, 9.17) is 4.42 Å². The summed E-state index contributed by atoms with van der Waals surface area (Å²) in [6.45, 7) is 4.71. The average molecular weight is 354 g/mol. The Morgan fingerprint density at radius 2 is 1.92 bits per heavy atom. The monoisotopic (exact) mass is 354 g/mol. The Balaban J connectivity index is 1.48. The SMILES string of the molecule is Cc1cc(C(=O)N(CCC(=O)NCCc2ccccc2)C2CC2)c(C)o1. The van der Waals surface area contributed by atoms with E-state index in [1.807, 2.05) is 36.9 Å². The molecule has 0 aliphatic heterocycles. The number of amides is 2. The van der Waals surface area contributed by atoms with Crippen LogP contribution in [0.2, 0.25) is 0 Å². The Labute approximate surface area is 154 Å². The van der Waals surface area contributed by atoms with Crippen molar-refractivity contribution < 1.29 is 14.0 Å². The van der Waals surface area contributed by atoms with Crippen LogP contribution in [0.15, 0.2) is 40.8 Å². The van der Waals surface area contributed by atoms with Gasteiger partial charge in [0.05, 0.1) is 5.56 Å². The van der Waals surface area contributed by atoms with Crippen molar-refractivity contribution in [1.82, 2.24) is 10.2 Å². The van der Waals surface area contributed by atoms with Crippen LogP contribution in [-0.4, -0.2) is 35.8 Å². The summed E-state index contributed by atoms with van der Waals surface area (Å²) in [6.07, 6.45) is 3.16. The van der Waals surface area contributed by atoms with Crippen molar-refractivity contribution in [3.05, 3.63) is 59.0 Å². The van der Waals surface area contributed by atoms with Crippen LogP contribution in [0.5, 0.6) is 0 Å². The van der Waals surface area contributed by atoms with Gasteiger partial charge in [0.15, 0.2) is 0 Å². The van der Waals surface area contributed by atoms with Crippen LogP contribution >= 0.6 is 0 Å². The van der Waals surface area contributed by atoms with Crippen LogP contribution in [0.3, 0.4) is 0 Å². The van der Waals surface area contributed by atoms with Gasteiger partial charge in [0.25, 0.3) is 5.91 Å². The highest BCUT2D eigenvalue weighted by atomic mass is 16.3. The summed E-state index contributed by atoms with van der Waals surface area (Å²) >= 11 is 0. The summed E-state index contributed by atoms with van der Waals surface area (Å²) in [6, 6.07) is 12.1. The van der Waals surface area contributed by atoms with Crippen LogP contribution in [0.25, 0.3) is 0 Å². The van der Waals surface area contributed by atoms with Crippen molar-refractivity contribution in [2.75, 3.05) is 13.1 Å². The molecule has 1 fully saturated rings. The summed E-state index contributed by atoms with van der Waals surface area (Å²) in [5.41, 5.74) is 1.81. The standard InChI is InChI=1S/C21H26N2O3/c1-15-14-19(16(2)26-15)21(25)23(18-8-9-18)13-11-20(24)22-12-10-17-6-4-3-5-7-17/h3-7,14,18H,8-13H2,1-2H3,(H,22,24). The highest BCUT2D eigenvalue weighted by Gasteiger charge is 2.34. The van der Waals surface area contributed by atoms with Crippen molar-refractivity contribution in [3.8, 4) is 0 Å². The molecule has 2 aromatic rings. The molecule has 1 aliphatic rings. The van der Waals surface area contributed by atoms with Gasteiger partial charge in [0.1, 0.15) is 11.5 Å². The molecule has 0 atom stereocenters. The lowest BCUT2D eigenvalue weighted by molar-refractivity contribution is -0.121. The molecule has 0 unspecified atom stereocenters. The minimum atomic E-state index is -0.0288. The van der Waals surface area contributed by atoms with Gasteiger partial charge >= 0.3 is 0 Å². The second-order valence-corrected chi connectivity index (χ2v) is 6.89. The molecular weight excluding hydrogens is 328 g/mol. The molecule has 1 N–H and O–H groups in total. The van der Waals surface area contributed by atoms with Crippen molar-refractivity contribution in [2.24, 2.45) is 0 Å². The van der Waals surface area contributed by atoms with E-state index in [1.165, 1.54) is 5.56 Å². The highest BCUT2D eigenvalue weighted by molar-refractivity contribution is 5.96. The van der Waals surface area contributed by atoms with E-state index in [0.29, 0.717) is 30.8 Å². The lowest BCUT2D eigenvalue weighted by Crippen LogP contribution is -2.37. The Morgan fingerprint density at radius 1 is 1.19 bits per heavy atom. The molecule has 0 radical (unpaired) electrons. The van der Waals surface area contributed by atoms with Gasteiger partial charge in [-0.15, -0.1) is 0 Å². The van der Waals surface area contributed by atoms with E-state index in [1.54, 1.807) is 6.07 Å². The zero-order chi connectivity index (χ0) is 18.5. The van der Waals surface area contributed by atoms with Crippen molar-refractivity contribution >= 4 is 11.8 Å². The van der Waals surface area contributed by atoms with Gasteiger partial charge in [-0.25, -0.2) is 0 Å². The average Bonchev–Trinajstić information content (AvgIpc) is 3.40. The zero-order valence-corrected chi connectivity index (χ0v) is 15.5. The van der Waals surface area contributed by atoms with Gasteiger partial charge in [-0.1, -0.05) is 30.3 Å². The van der Waals surface area contributed by atoms with Gasteiger partial charge in [-0.3, -0.25) is 9.59 Å². The first kappa shape index (κ1) is 18.2. The summed E-state index contributed by atoms with van der Waals surface area (Å²) in [5, 5.41) is 2.94. The molecule has 138 valence electrons. The van der Waals surface area contributed by atoms with Gasteiger partial charge in [-0.2, -0.15) is 0 Å². The summed E-state index contributed by atoms with van der Waals surface area (Å²) < 4.78 is 5.48. The Kier molecular flexibility index (Phi) is 5.76. The first-order valence-corrected chi connectivity index (χ1v) is 9.23. The van der Waals surface area contributed by atoms with Crippen LogP contribution < -0.4 is 5.32 Å². The van der Waals surface area contributed by atoms with Crippen molar-refractivity contribution in [3.63, 3.8) is 0 Å². The number of nitrogens with one attached hydrogen (secondary N) is 1. The van der Waals surface area contributed by atoms with E-state index in [9.17, 15) is 9.59 Å². The molecule has 0 bridgehead atoms. The quantitative estimate of drug-likeness (QED) is 0.791. The number of hydrogen-bond donors (Lipinski definition) is 1. The molecular formula is C21H26N2O3. The van der Waals surface area contributed by atoms with Crippen molar-refractivity contribution in [1.29, 1.82) is 0 Å². The number of carbonyl (C=O) groups excluding carboxylic acids is 2. The lowest BCUT2D eigenvalue weighted by Gasteiger charge is -2.22. The van der Waals surface area contributed by atoms with Crippen LogP contribution in [0, 0.1) is 13.8 Å². The van der Waals surface area contributed by atoms with E-state index < -0.39 is 0 Å². The summed E-state index contributed by atoms with van der Waals surface area (Å²) in [4.78, 5) is 26.8. The van der Waals surface area contributed by atoms with Gasteiger partial charge in [0, 0.05) is 25.6 Å². The largest absolute Gasteiger partial charge is 0.466 e. The molecule has 3 rings (SSSR count). The Hall–Kier alpha value is -2.56. The molecule has 26 heavy (non-hydrogen) atoms. The molecule has 1 aromatic carbocycles. The second-order valence-electron chi connectivity index (χ2n) is 6.89. The fourth-order valence-electron chi connectivity index (χ4n) is 3.14. The molecule has 0 saturated heterocycles. The van der Waals surface area contributed by atoms with Crippen LogP contribution in [0.4, 0.5) is 0 Å². The first-order valence-electron chi connectivity index (χ1n) is 9.23. The van der Waals surface area contributed by atoms with Gasteiger partial charge in [0.2, 0.25) is 5.91 Å². The van der Waals surface area contributed by atoms with Crippen molar-refractivity contribution in [2.45, 2.75) is 45.6 Å². The normalized spacial score (nSPS) is 13.5. The molecule has 2 amide bonds. The Morgan fingerprint density at radius 3 is 2.54 bits per heavy atom. The highest BCUT2D eigenvalue weighted by Crippen LogP contribution is 2.29.